The van der Waals surface area contributed by atoms with Gasteiger partial charge >= 0.3 is 0 Å². The van der Waals surface area contributed by atoms with Crippen LogP contribution in [0.3, 0.4) is 0 Å². The Morgan fingerprint density at radius 1 is 1.31 bits per heavy atom. The van der Waals surface area contributed by atoms with E-state index >= 15 is 0 Å². The first-order chi connectivity index (χ1) is 7.68. The second-order valence-electron chi connectivity index (χ2n) is 4.39. The van der Waals surface area contributed by atoms with E-state index in [4.69, 9.17) is 5.26 Å². The van der Waals surface area contributed by atoms with Gasteiger partial charge in [-0.2, -0.15) is 5.26 Å². The van der Waals surface area contributed by atoms with Crippen LogP contribution in [0.2, 0.25) is 0 Å². The first kappa shape index (κ1) is 13.0. The van der Waals surface area contributed by atoms with Crippen LogP contribution in [0.1, 0.15) is 46.0 Å². The molecule has 0 bridgehead atoms. The van der Waals surface area contributed by atoms with Crippen LogP contribution in [-0.4, -0.2) is 24.0 Å². The number of piperidine rings is 1. The number of amides is 1. The summed E-state index contributed by atoms with van der Waals surface area (Å²) in [5, 5.41) is 11.1. The van der Waals surface area contributed by atoms with Crippen molar-refractivity contribution < 1.29 is 4.79 Å². The zero-order valence-electron chi connectivity index (χ0n) is 10.3. The van der Waals surface area contributed by atoms with Gasteiger partial charge in [0.05, 0.1) is 6.07 Å². The second-order valence-corrected chi connectivity index (χ2v) is 4.39. The summed E-state index contributed by atoms with van der Waals surface area (Å²) in [5.74, 6) is -0.137. The highest BCUT2D eigenvalue weighted by molar-refractivity contribution is 5.84. The Morgan fingerprint density at radius 2 is 1.88 bits per heavy atom. The third kappa shape index (κ3) is 2.73. The number of nitrogens with zero attached hydrogens (tertiary/aromatic N) is 2. The van der Waals surface area contributed by atoms with Crippen LogP contribution in [0.4, 0.5) is 0 Å². The maximum atomic E-state index is 12.1. The topological polar surface area (TPSA) is 56.1 Å². The number of carbonyl (C=O) groups is 1. The molecule has 1 amide bonds. The van der Waals surface area contributed by atoms with Crippen molar-refractivity contribution in [2.45, 2.75) is 46.0 Å². The fraction of sp³-hybridized carbons (Fsp3) is 0.833. The fourth-order valence-corrected chi connectivity index (χ4v) is 2.04. The molecule has 0 radical (unpaired) electrons. The summed E-state index contributed by atoms with van der Waals surface area (Å²) in [7, 11) is 0. The highest BCUT2D eigenvalue weighted by Crippen LogP contribution is 2.25. The van der Waals surface area contributed by atoms with Crippen molar-refractivity contribution in [1.82, 2.24) is 10.4 Å². The molecule has 0 aliphatic carbocycles. The third-order valence-corrected chi connectivity index (χ3v) is 3.47. The molecule has 0 aromatic rings. The van der Waals surface area contributed by atoms with E-state index in [0.717, 1.165) is 25.9 Å². The Morgan fingerprint density at radius 3 is 2.31 bits per heavy atom. The summed E-state index contributed by atoms with van der Waals surface area (Å²) in [6.07, 6.45) is 4.62. The van der Waals surface area contributed by atoms with Gasteiger partial charge in [-0.25, -0.2) is 5.01 Å². The monoisotopic (exact) mass is 223 g/mol. The maximum Gasteiger partial charge on any atom is 0.254 e. The smallest absolute Gasteiger partial charge is 0.254 e. The van der Waals surface area contributed by atoms with Crippen LogP contribution in [0.25, 0.3) is 0 Å². The molecule has 16 heavy (non-hydrogen) atoms. The van der Waals surface area contributed by atoms with Crippen molar-refractivity contribution in [3.63, 3.8) is 0 Å². The van der Waals surface area contributed by atoms with E-state index in [-0.39, 0.29) is 5.91 Å². The summed E-state index contributed by atoms with van der Waals surface area (Å²) >= 11 is 0. The molecule has 1 aliphatic rings. The van der Waals surface area contributed by atoms with E-state index in [1.165, 1.54) is 6.42 Å². The van der Waals surface area contributed by atoms with Crippen molar-refractivity contribution in [3.8, 4) is 6.07 Å². The number of hydrogen-bond donors (Lipinski definition) is 1. The maximum absolute atomic E-state index is 12.1. The summed E-state index contributed by atoms with van der Waals surface area (Å²) in [6, 6.07) is 2.17. The first-order valence-electron chi connectivity index (χ1n) is 6.16. The minimum atomic E-state index is -0.850. The molecule has 4 heteroatoms. The van der Waals surface area contributed by atoms with Crippen molar-refractivity contribution in [2.75, 3.05) is 13.1 Å². The van der Waals surface area contributed by atoms with E-state index < -0.39 is 5.41 Å². The molecule has 0 spiro atoms. The third-order valence-electron chi connectivity index (χ3n) is 3.47. The number of carbonyl (C=O) groups excluding carboxylic acids is 1. The summed E-state index contributed by atoms with van der Waals surface area (Å²) in [5.41, 5.74) is 2.03. The van der Waals surface area contributed by atoms with Crippen LogP contribution in [-0.2, 0) is 4.79 Å². The second kappa shape index (κ2) is 5.86. The normalized spacial score (nSPS) is 17.8. The number of hydrazine groups is 1. The van der Waals surface area contributed by atoms with Gasteiger partial charge in [0.1, 0.15) is 5.41 Å². The van der Waals surface area contributed by atoms with E-state index in [9.17, 15) is 4.79 Å². The quantitative estimate of drug-likeness (QED) is 0.791. The van der Waals surface area contributed by atoms with E-state index in [1.807, 2.05) is 18.9 Å². The summed E-state index contributed by atoms with van der Waals surface area (Å²) in [4.78, 5) is 12.1. The Balaban J connectivity index is 2.58. The molecule has 1 fully saturated rings. The van der Waals surface area contributed by atoms with Crippen LogP contribution in [0, 0.1) is 16.7 Å². The van der Waals surface area contributed by atoms with Crippen LogP contribution < -0.4 is 5.43 Å². The molecule has 90 valence electrons. The van der Waals surface area contributed by atoms with Crippen molar-refractivity contribution in [2.24, 2.45) is 5.41 Å². The van der Waals surface area contributed by atoms with Crippen molar-refractivity contribution in [3.05, 3.63) is 0 Å². The zero-order chi connectivity index (χ0) is 12.0. The SMILES string of the molecule is CCC(C#N)(CC)C(=O)NN1CCCCC1. The highest BCUT2D eigenvalue weighted by Gasteiger charge is 2.35. The molecular formula is C12H21N3O. The van der Waals surface area contributed by atoms with E-state index in [0.29, 0.717) is 12.8 Å². The molecule has 0 unspecified atom stereocenters. The van der Waals surface area contributed by atoms with Gasteiger partial charge in [-0.1, -0.05) is 20.3 Å². The average molecular weight is 223 g/mol. The molecule has 0 aromatic carbocycles. The number of nitrogens with one attached hydrogen (secondary N) is 1. The van der Waals surface area contributed by atoms with E-state index in [1.54, 1.807) is 0 Å². The van der Waals surface area contributed by atoms with Crippen LogP contribution in [0.15, 0.2) is 0 Å². The minimum Gasteiger partial charge on any atom is -0.288 e. The van der Waals surface area contributed by atoms with Gasteiger partial charge in [0, 0.05) is 13.1 Å². The Hall–Kier alpha value is -1.08. The molecule has 0 saturated carbocycles. The number of rotatable bonds is 4. The lowest BCUT2D eigenvalue weighted by atomic mass is 9.83. The van der Waals surface area contributed by atoms with Gasteiger partial charge in [-0.3, -0.25) is 10.2 Å². The van der Waals surface area contributed by atoms with Gasteiger partial charge in [0.2, 0.25) is 0 Å². The van der Waals surface area contributed by atoms with Crippen molar-refractivity contribution in [1.29, 1.82) is 5.26 Å². The van der Waals surface area contributed by atoms with Crippen molar-refractivity contribution >= 4 is 5.91 Å². The van der Waals surface area contributed by atoms with Crippen LogP contribution >= 0.6 is 0 Å². The molecular weight excluding hydrogens is 202 g/mol. The standard InChI is InChI=1S/C12H21N3O/c1-3-12(4-2,10-13)11(16)14-15-8-6-5-7-9-15/h3-9H2,1-2H3,(H,14,16). The molecule has 1 saturated heterocycles. The summed E-state index contributed by atoms with van der Waals surface area (Å²) < 4.78 is 0. The number of hydrogen-bond acceptors (Lipinski definition) is 3. The lowest BCUT2D eigenvalue weighted by molar-refractivity contribution is -0.134. The molecule has 0 atom stereocenters. The van der Waals surface area contributed by atoms with Gasteiger partial charge in [0.15, 0.2) is 0 Å². The molecule has 1 heterocycles. The molecule has 1 aliphatic heterocycles. The predicted molar refractivity (Wildman–Crippen MR) is 62.2 cm³/mol. The first-order valence-corrected chi connectivity index (χ1v) is 6.16. The molecule has 4 nitrogen and oxygen atoms in total. The Bertz CT molecular complexity index is 272. The average Bonchev–Trinajstić information content (AvgIpc) is 2.33. The largest absolute Gasteiger partial charge is 0.288 e. The zero-order valence-corrected chi connectivity index (χ0v) is 10.3. The summed E-state index contributed by atoms with van der Waals surface area (Å²) in [6.45, 7) is 5.59. The van der Waals surface area contributed by atoms with Gasteiger partial charge in [-0.15, -0.1) is 0 Å². The Labute approximate surface area is 97.6 Å². The number of nitriles is 1. The lowest BCUT2D eigenvalue weighted by Gasteiger charge is -2.31. The molecule has 0 aromatic heterocycles. The van der Waals surface area contributed by atoms with Gasteiger partial charge < -0.3 is 0 Å². The highest BCUT2D eigenvalue weighted by atomic mass is 16.2. The lowest BCUT2D eigenvalue weighted by Crippen LogP contribution is -2.50. The van der Waals surface area contributed by atoms with Gasteiger partial charge in [0.25, 0.3) is 5.91 Å². The fourth-order valence-electron chi connectivity index (χ4n) is 2.04. The molecule has 1 rings (SSSR count). The van der Waals surface area contributed by atoms with E-state index in [2.05, 4.69) is 11.5 Å². The minimum absolute atomic E-state index is 0.137. The predicted octanol–water partition coefficient (Wildman–Crippen LogP) is 1.83. The van der Waals surface area contributed by atoms with Crippen LogP contribution in [0.5, 0.6) is 0 Å². The molecule has 1 N–H and O–H groups in total. The Kier molecular flexibility index (Phi) is 4.75. The van der Waals surface area contributed by atoms with Gasteiger partial charge in [-0.05, 0) is 25.7 Å².